The summed E-state index contributed by atoms with van der Waals surface area (Å²) in [6.07, 6.45) is -1.04. The Bertz CT molecular complexity index is 735. The number of esters is 1. The van der Waals surface area contributed by atoms with Gasteiger partial charge in [-0.1, -0.05) is 12.1 Å². The quantitative estimate of drug-likeness (QED) is 0.797. The number of benzene rings is 1. The molecule has 1 fully saturated rings. The van der Waals surface area contributed by atoms with Crippen molar-refractivity contribution in [2.75, 3.05) is 0 Å². The fourth-order valence-electron chi connectivity index (χ4n) is 3.30. The summed E-state index contributed by atoms with van der Waals surface area (Å²) in [4.78, 5) is 24.4. The summed E-state index contributed by atoms with van der Waals surface area (Å²) in [5, 5.41) is 5.11. The van der Waals surface area contributed by atoms with E-state index in [1.165, 1.54) is 12.1 Å². The van der Waals surface area contributed by atoms with E-state index in [1.54, 1.807) is 6.92 Å². The average Bonchev–Trinajstić information content (AvgIpc) is 3.06. The van der Waals surface area contributed by atoms with Gasteiger partial charge in [0.1, 0.15) is 6.10 Å². The number of ether oxygens (including phenoxy) is 1. The highest BCUT2D eigenvalue weighted by Gasteiger charge is 2.35. The van der Waals surface area contributed by atoms with Crippen molar-refractivity contribution in [2.24, 2.45) is 0 Å². The molecule has 0 aromatic heterocycles. The first-order chi connectivity index (χ1) is 12.3. The van der Waals surface area contributed by atoms with E-state index in [-0.39, 0.29) is 11.7 Å². The molecule has 0 radical (unpaired) electrons. The van der Waals surface area contributed by atoms with Crippen LogP contribution >= 0.6 is 0 Å². The molecule has 0 bridgehead atoms. The van der Waals surface area contributed by atoms with Crippen LogP contribution in [0.5, 0.6) is 0 Å². The van der Waals surface area contributed by atoms with Crippen LogP contribution in [0, 0.1) is 0 Å². The molecule has 5 nitrogen and oxygen atoms in total. The highest BCUT2D eigenvalue weighted by molar-refractivity contribution is 5.95. The van der Waals surface area contributed by atoms with E-state index in [4.69, 9.17) is 4.74 Å². The maximum Gasteiger partial charge on any atom is 0.416 e. The van der Waals surface area contributed by atoms with Gasteiger partial charge in [0.15, 0.2) is 0 Å². The highest BCUT2D eigenvalue weighted by Crippen LogP contribution is 2.33. The van der Waals surface area contributed by atoms with Crippen molar-refractivity contribution in [3.05, 3.63) is 46.7 Å². The predicted octanol–water partition coefficient (Wildman–Crippen LogP) is 3.82. The lowest BCUT2D eigenvalue weighted by Gasteiger charge is -2.29. The molecule has 1 aliphatic heterocycles. The lowest BCUT2D eigenvalue weighted by molar-refractivity contribution is -0.144. The third-order valence-electron chi connectivity index (χ3n) is 4.64. The minimum Gasteiger partial charge on any atom is -0.459 e. The Hall–Kier alpha value is -2.51. The minimum absolute atomic E-state index is 0.159. The van der Waals surface area contributed by atoms with E-state index >= 15 is 0 Å². The molecule has 3 rings (SSSR count). The second kappa shape index (κ2) is 7.01. The van der Waals surface area contributed by atoms with E-state index < -0.39 is 29.8 Å². The molecule has 0 saturated heterocycles. The van der Waals surface area contributed by atoms with Crippen molar-refractivity contribution < 1.29 is 27.5 Å². The van der Waals surface area contributed by atoms with Gasteiger partial charge in [-0.05, 0) is 50.3 Å². The Kier molecular flexibility index (Phi) is 4.93. The molecule has 26 heavy (non-hydrogen) atoms. The number of allylic oxidation sites excluding steroid dienone is 1. The predicted molar refractivity (Wildman–Crippen MR) is 86.9 cm³/mol. The fraction of sp³-hybridized carbons (Fsp3) is 0.444. The molecule has 0 unspecified atom stereocenters. The molecule has 2 amide bonds. The molecular formula is C18H19F3N2O3. The monoisotopic (exact) mass is 368 g/mol. The zero-order chi connectivity index (χ0) is 18.9. The molecular weight excluding hydrogens is 349 g/mol. The summed E-state index contributed by atoms with van der Waals surface area (Å²) in [6, 6.07) is 2.99. The molecule has 140 valence electrons. The molecule has 1 aliphatic carbocycles. The Morgan fingerprint density at radius 2 is 1.77 bits per heavy atom. The van der Waals surface area contributed by atoms with Gasteiger partial charge in [0.05, 0.1) is 17.2 Å². The van der Waals surface area contributed by atoms with Gasteiger partial charge in [0.25, 0.3) is 0 Å². The maximum atomic E-state index is 12.8. The summed E-state index contributed by atoms with van der Waals surface area (Å²) >= 11 is 0. The van der Waals surface area contributed by atoms with Gasteiger partial charge in [0.2, 0.25) is 0 Å². The van der Waals surface area contributed by atoms with Crippen molar-refractivity contribution in [3.63, 3.8) is 0 Å². The SMILES string of the molecule is CC1=C(C(=O)OC2CCCC2)[C@@H](c2ccc(C(F)(F)F)cc2)NC(=O)N1. The number of halogens is 3. The second-order valence-electron chi connectivity index (χ2n) is 6.50. The molecule has 0 spiro atoms. The first-order valence-corrected chi connectivity index (χ1v) is 8.42. The third kappa shape index (κ3) is 3.84. The molecule has 1 aromatic rings. The number of hydrogen-bond donors (Lipinski definition) is 2. The van der Waals surface area contributed by atoms with Crippen molar-refractivity contribution in [3.8, 4) is 0 Å². The number of alkyl halides is 3. The highest BCUT2D eigenvalue weighted by atomic mass is 19.4. The van der Waals surface area contributed by atoms with Crippen LogP contribution in [0.25, 0.3) is 0 Å². The Morgan fingerprint density at radius 3 is 2.35 bits per heavy atom. The van der Waals surface area contributed by atoms with Crippen LogP contribution in [0.3, 0.4) is 0 Å². The second-order valence-corrected chi connectivity index (χ2v) is 6.50. The molecule has 2 aliphatic rings. The summed E-state index contributed by atoms with van der Waals surface area (Å²) in [5.74, 6) is -0.563. The Morgan fingerprint density at radius 1 is 1.15 bits per heavy atom. The number of urea groups is 1. The number of nitrogens with one attached hydrogen (secondary N) is 2. The van der Waals surface area contributed by atoms with Crippen molar-refractivity contribution >= 4 is 12.0 Å². The van der Waals surface area contributed by atoms with Gasteiger partial charge in [-0.15, -0.1) is 0 Å². The van der Waals surface area contributed by atoms with E-state index in [9.17, 15) is 22.8 Å². The van der Waals surface area contributed by atoms with Gasteiger partial charge in [0, 0.05) is 5.70 Å². The summed E-state index contributed by atoms with van der Waals surface area (Å²) in [7, 11) is 0. The Labute approximate surface area is 148 Å². The summed E-state index contributed by atoms with van der Waals surface area (Å²) < 4.78 is 43.8. The third-order valence-corrected chi connectivity index (χ3v) is 4.64. The summed E-state index contributed by atoms with van der Waals surface area (Å²) in [6.45, 7) is 1.57. The van der Waals surface area contributed by atoms with Crippen LogP contribution in [0.4, 0.5) is 18.0 Å². The number of carbonyl (C=O) groups excluding carboxylic acids is 2. The molecule has 1 aromatic carbocycles. The zero-order valence-electron chi connectivity index (χ0n) is 14.2. The molecule has 1 saturated carbocycles. The van der Waals surface area contributed by atoms with Crippen LogP contribution in [-0.4, -0.2) is 18.1 Å². The average molecular weight is 368 g/mol. The van der Waals surface area contributed by atoms with E-state index in [2.05, 4.69) is 10.6 Å². The van der Waals surface area contributed by atoms with Gasteiger partial charge >= 0.3 is 18.2 Å². The summed E-state index contributed by atoms with van der Waals surface area (Å²) in [5.41, 5.74) is 0.126. The lowest BCUT2D eigenvalue weighted by Crippen LogP contribution is -2.45. The molecule has 8 heteroatoms. The number of carbonyl (C=O) groups is 2. The standard InChI is InChI=1S/C18H19F3N2O3/c1-10-14(16(24)26-13-4-2-3-5-13)15(23-17(25)22-10)11-6-8-12(9-7-11)18(19,20)21/h6-9,13,15H,2-5H2,1H3,(H2,22,23,25)/t15-/m1/s1. The molecule has 1 heterocycles. The van der Waals surface area contributed by atoms with E-state index in [0.717, 1.165) is 37.8 Å². The minimum atomic E-state index is -4.45. The maximum absolute atomic E-state index is 12.8. The van der Waals surface area contributed by atoms with Crippen LogP contribution < -0.4 is 10.6 Å². The van der Waals surface area contributed by atoms with Gasteiger partial charge < -0.3 is 15.4 Å². The first kappa shape index (κ1) is 18.3. The number of amides is 2. The van der Waals surface area contributed by atoms with Gasteiger partial charge in [-0.25, -0.2) is 9.59 Å². The number of hydrogen-bond acceptors (Lipinski definition) is 3. The number of rotatable bonds is 3. The normalized spacial score (nSPS) is 21.4. The fourth-order valence-corrected chi connectivity index (χ4v) is 3.30. The topological polar surface area (TPSA) is 67.4 Å². The van der Waals surface area contributed by atoms with Crippen LogP contribution in [0.1, 0.15) is 49.8 Å². The van der Waals surface area contributed by atoms with Gasteiger partial charge in [-0.2, -0.15) is 13.2 Å². The smallest absolute Gasteiger partial charge is 0.416 e. The van der Waals surface area contributed by atoms with Crippen LogP contribution in [0.2, 0.25) is 0 Å². The first-order valence-electron chi connectivity index (χ1n) is 8.42. The zero-order valence-corrected chi connectivity index (χ0v) is 14.2. The van der Waals surface area contributed by atoms with Crippen molar-refractivity contribution in [1.29, 1.82) is 0 Å². The van der Waals surface area contributed by atoms with Crippen LogP contribution in [-0.2, 0) is 15.7 Å². The van der Waals surface area contributed by atoms with Gasteiger partial charge in [-0.3, -0.25) is 0 Å². The Balaban J connectivity index is 1.88. The lowest BCUT2D eigenvalue weighted by atomic mass is 9.94. The van der Waals surface area contributed by atoms with Crippen molar-refractivity contribution in [1.82, 2.24) is 10.6 Å². The van der Waals surface area contributed by atoms with E-state index in [1.807, 2.05) is 0 Å². The van der Waals surface area contributed by atoms with E-state index in [0.29, 0.717) is 11.3 Å². The largest absolute Gasteiger partial charge is 0.459 e. The van der Waals surface area contributed by atoms with Crippen LogP contribution in [0.15, 0.2) is 35.5 Å². The molecule has 1 atom stereocenters. The molecule has 2 N–H and O–H groups in total. The van der Waals surface area contributed by atoms with Crippen molar-refractivity contribution in [2.45, 2.75) is 50.9 Å².